The molecule has 1 amide bonds. The highest BCUT2D eigenvalue weighted by Gasteiger charge is 2.21. The molecule has 0 radical (unpaired) electrons. The highest BCUT2D eigenvalue weighted by molar-refractivity contribution is 5.95. The molecule has 21 heavy (non-hydrogen) atoms. The molecule has 1 heterocycles. The Morgan fingerprint density at radius 3 is 2.67 bits per heavy atom. The normalized spacial score (nSPS) is 10.7. The van der Waals surface area contributed by atoms with Crippen molar-refractivity contribution < 1.29 is 14.3 Å². The number of carbonyl (C=O) groups excluding carboxylic acids is 2. The summed E-state index contributed by atoms with van der Waals surface area (Å²) in [7, 11) is 0. The van der Waals surface area contributed by atoms with Gasteiger partial charge in [-0.05, 0) is 26.2 Å². The van der Waals surface area contributed by atoms with E-state index in [4.69, 9.17) is 10.5 Å². The molecule has 1 aromatic rings. The Labute approximate surface area is 124 Å². The van der Waals surface area contributed by atoms with Gasteiger partial charge in [-0.1, -0.05) is 13.8 Å². The summed E-state index contributed by atoms with van der Waals surface area (Å²) in [5, 5.41) is 6.84. The number of rotatable bonds is 7. The molecule has 7 nitrogen and oxygen atoms in total. The van der Waals surface area contributed by atoms with Crippen molar-refractivity contribution in [3.8, 4) is 0 Å². The van der Waals surface area contributed by atoms with Gasteiger partial charge in [-0.2, -0.15) is 5.10 Å². The molecule has 118 valence electrons. The van der Waals surface area contributed by atoms with Crippen LogP contribution in [0.5, 0.6) is 0 Å². The third-order valence-corrected chi connectivity index (χ3v) is 3.04. The van der Waals surface area contributed by atoms with Crippen molar-refractivity contribution in [1.82, 2.24) is 15.1 Å². The molecule has 0 aliphatic heterocycles. The van der Waals surface area contributed by atoms with Gasteiger partial charge in [0.25, 0.3) is 5.91 Å². The summed E-state index contributed by atoms with van der Waals surface area (Å²) in [6, 6.07) is 0. The molecule has 0 fully saturated rings. The van der Waals surface area contributed by atoms with E-state index in [1.54, 1.807) is 6.92 Å². The molecule has 0 spiro atoms. The van der Waals surface area contributed by atoms with Gasteiger partial charge in [0.05, 0.1) is 11.4 Å². The molecule has 0 aliphatic rings. The molecule has 7 heteroatoms. The molecular weight excluding hydrogens is 272 g/mol. The van der Waals surface area contributed by atoms with E-state index >= 15 is 0 Å². The highest BCUT2D eigenvalue weighted by Crippen LogP contribution is 2.17. The third-order valence-electron chi connectivity index (χ3n) is 3.04. The Kier molecular flexibility index (Phi) is 6.20. The minimum absolute atomic E-state index is 0.199. The molecule has 0 atom stereocenters. The molecule has 0 aromatic carbocycles. The van der Waals surface area contributed by atoms with Crippen molar-refractivity contribution in [2.75, 3.05) is 18.9 Å². The summed E-state index contributed by atoms with van der Waals surface area (Å²) in [5.41, 5.74) is 6.88. The van der Waals surface area contributed by atoms with Crippen LogP contribution in [0, 0.1) is 12.8 Å². The number of ether oxygens (including phenoxy) is 1. The lowest BCUT2D eigenvalue weighted by Gasteiger charge is -2.09. The first kappa shape index (κ1) is 17.0. The topological polar surface area (TPSA) is 99.2 Å². The SMILES string of the molecule is CCn1nc(C)c(N)c1C(=O)OCC(=O)NCCC(C)C. The van der Waals surface area contributed by atoms with Crippen LogP contribution in [-0.4, -0.2) is 34.8 Å². The summed E-state index contributed by atoms with van der Waals surface area (Å²) in [6.45, 7) is 8.47. The number of nitrogens with two attached hydrogens (primary N) is 1. The van der Waals surface area contributed by atoms with Gasteiger partial charge in [-0.25, -0.2) is 4.79 Å². The lowest BCUT2D eigenvalue weighted by atomic mass is 10.1. The average Bonchev–Trinajstić information content (AvgIpc) is 2.71. The largest absolute Gasteiger partial charge is 0.451 e. The number of nitrogens with one attached hydrogen (secondary N) is 1. The van der Waals surface area contributed by atoms with Crippen LogP contribution in [-0.2, 0) is 16.1 Å². The molecule has 1 rings (SSSR count). The van der Waals surface area contributed by atoms with Crippen molar-refractivity contribution in [1.29, 1.82) is 0 Å². The molecule has 0 saturated heterocycles. The number of esters is 1. The highest BCUT2D eigenvalue weighted by atomic mass is 16.5. The Morgan fingerprint density at radius 2 is 2.10 bits per heavy atom. The maximum absolute atomic E-state index is 12.0. The van der Waals surface area contributed by atoms with Gasteiger partial charge >= 0.3 is 5.97 Å². The summed E-state index contributed by atoms with van der Waals surface area (Å²) in [4.78, 5) is 23.6. The van der Waals surface area contributed by atoms with Crippen LogP contribution in [0.25, 0.3) is 0 Å². The van der Waals surface area contributed by atoms with Gasteiger partial charge < -0.3 is 15.8 Å². The second kappa shape index (κ2) is 7.66. The number of nitrogens with zero attached hydrogens (tertiary/aromatic N) is 2. The predicted octanol–water partition coefficient (Wildman–Crippen LogP) is 1.11. The maximum atomic E-state index is 12.0. The van der Waals surface area contributed by atoms with Gasteiger partial charge in [0.2, 0.25) is 0 Å². The zero-order chi connectivity index (χ0) is 16.0. The Hall–Kier alpha value is -2.05. The van der Waals surface area contributed by atoms with Crippen molar-refractivity contribution in [2.45, 2.75) is 40.7 Å². The van der Waals surface area contributed by atoms with Crippen molar-refractivity contribution in [3.63, 3.8) is 0 Å². The summed E-state index contributed by atoms with van der Waals surface area (Å²) < 4.78 is 6.47. The minimum Gasteiger partial charge on any atom is -0.451 e. The first-order valence-electron chi connectivity index (χ1n) is 7.13. The number of hydrogen-bond donors (Lipinski definition) is 2. The Bertz CT molecular complexity index is 509. The van der Waals surface area contributed by atoms with Crippen LogP contribution in [0.2, 0.25) is 0 Å². The smallest absolute Gasteiger partial charge is 0.359 e. The van der Waals surface area contributed by atoms with Crippen LogP contribution < -0.4 is 11.1 Å². The number of nitrogen functional groups attached to an aromatic ring is 1. The van der Waals surface area contributed by atoms with Crippen molar-refractivity contribution in [2.24, 2.45) is 5.92 Å². The first-order chi connectivity index (χ1) is 9.86. The fourth-order valence-electron chi connectivity index (χ4n) is 1.79. The second-order valence-electron chi connectivity index (χ2n) is 5.27. The second-order valence-corrected chi connectivity index (χ2v) is 5.27. The Morgan fingerprint density at radius 1 is 1.43 bits per heavy atom. The zero-order valence-corrected chi connectivity index (χ0v) is 13.1. The van der Waals surface area contributed by atoms with Crippen LogP contribution in [0.4, 0.5) is 5.69 Å². The van der Waals surface area contributed by atoms with E-state index in [1.807, 2.05) is 6.92 Å². The number of aromatic nitrogens is 2. The average molecular weight is 296 g/mol. The molecule has 0 bridgehead atoms. The monoisotopic (exact) mass is 296 g/mol. The quantitative estimate of drug-likeness (QED) is 0.734. The molecule has 1 aromatic heterocycles. The zero-order valence-electron chi connectivity index (χ0n) is 13.1. The standard InChI is InChI=1S/C14H24N4O3/c1-5-18-13(12(15)10(4)17-18)14(20)21-8-11(19)16-7-6-9(2)3/h9H,5-8,15H2,1-4H3,(H,16,19). The molecule has 3 N–H and O–H groups in total. The van der Waals surface area contributed by atoms with Crippen LogP contribution in [0.3, 0.4) is 0 Å². The van der Waals surface area contributed by atoms with Gasteiger partial charge in [0.15, 0.2) is 12.3 Å². The van der Waals surface area contributed by atoms with E-state index < -0.39 is 5.97 Å². The number of anilines is 1. The number of aryl methyl sites for hydroxylation is 2. The van der Waals surface area contributed by atoms with Crippen molar-refractivity contribution in [3.05, 3.63) is 11.4 Å². The Balaban J connectivity index is 2.53. The summed E-state index contributed by atoms with van der Waals surface area (Å²) in [6.07, 6.45) is 0.883. The fraction of sp³-hybridized carbons (Fsp3) is 0.643. The van der Waals surface area contributed by atoms with Crippen LogP contribution in [0.1, 0.15) is 43.4 Å². The molecule has 0 unspecified atom stereocenters. The van der Waals surface area contributed by atoms with Crippen molar-refractivity contribution >= 4 is 17.6 Å². The van der Waals surface area contributed by atoms with Gasteiger partial charge in [-0.3, -0.25) is 9.48 Å². The number of carbonyl (C=O) groups is 2. The third kappa shape index (κ3) is 4.77. The fourth-order valence-corrected chi connectivity index (χ4v) is 1.79. The number of amides is 1. The molecule has 0 aliphatic carbocycles. The minimum atomic E-state index is -0.631. The lowest BCUT2D eigenvalue weighted by Crippen LogP contribution is -2.30. The lowest BCUT2D eigenvalue weighted by molar-refractivity contribution is -0.124. The summed E-state index contributed by atoms with van der Waals surface area (Å²) >= 11 is 0. The summed E-state index contributed by atoms with van der Waals surface area (Å²) in [5.74, 6) is -0.439. The van der Waals surface area contributed by atoms with E-state index in [0.717, 1.165) is 6.42 Å². The van der Waals surface area contributed by atoms with Crippen LogP contribution in [0.15, 0.2) is 0 Å². The maximum Gasteiger partial charge on any atom is 0.359 e. The number of hydrogen-bond acceptors (Lipinski definition) is 5. The van der Waals surface area contributed by atoms with E-state index in [-0.39, 0.29) is 18.2 Å². The van der Waals surface area contributed by atoms with Gasteiger partial charge in [0.1, 0.15) is 0 Å². The molecular formula is C14H24N4O3. The van der Waals surface area contributed by atoms with E-state index in [2.05, 4.69) is 24.3 Å². The van der Waals surface area contributed by atoms with E-state index in [1.165, 1.54) is 4.68 Å². The predicted molar refractivity (Wildman–Crippen MR) is 79.8 cm³/mol. The molecule has 0 saturated carbocycles. The van der Waals surface area contributed by atoms with E-state index in [0.29, 0.717) is 30.4 Å². The van der Waals surface area contributed by atoms with Gasteiger partial charge in [0, 0.05) is 13.1 Å². The first-order valence-corrected chi connectivity index (χ1v) is 7.13. The van der Waals surface area contributed by atoms with Crippen LogP contribution >= 0.6 is 0 Å². The van der Waals surface area contributed by atoms with E-state index in [9.17, 15) is 9.59 Å². The van der Waals surface area contributed by atoms with Gasteiger partial charge in [-0.15, -0.1) is 0 Å².